The van der Waals surface area contributed by atoms with Crippen molar-refractivity contribution in [3.63, 3.8) is 0 Å². The van der Waals surface area contributed by atoms with Gasteiger partial charge in [0.1, 0.15) is 17.2 Å². The molecule has 2 aromatic carbocycles. The fourth-order valence-electron chi connectivity index (χ4n) is 2.84. The van der Waals surface area contributed by atoms with E-state index in [1.54, 1.807) is 0 Å². The fraction of sp³-hybridized carbons (Fsp3) is 0.364. The van der Waals surface area contributed by atoms with Crippen molar-refractivity contribution in [1.82, 2.24) is 0 Å². The molecule has 0 unspecified atom stereocenters. The minimum atomic E-state index is -5.09. The topological polar surface area (TPSA) is 24.7 Å². The maximum Gasteiger partial charge on any atom is 0.422 e. The molecule has 2 aromatic rings. The molecule has 29 heavy (non-hydrogen) atoms. The standard InChI is InChI=1S/C22H23F5N2/c1-2-3-4-5-6-7-16-8-10-17(11-9-16)14-28-29-15-18-12-19(23)21(20(24)13-18)22(25,26)27/h8-15H,2-7H2,1H3/b28-14+,29-15+. The first-order valence-corrected chi connectivity index (χ1v) is 9.53. The van der Waals surface area contributed by atoms with Gasteiger partial charge in [-0.05, 0) is 36.1 Å². The minimum Gasteiger partial charge on any atom is -0.206 e. The van der Waals surface area contributed by atoms with Crippen molar-refractivity contribution >= 4 is 12.4 Å². The third kappa shape index (κ3) is 7.40. The van der Waals surface area contributed by atoms with E-state index >= 15 is 0 Å². The van der Waals surface area contributed by atoms with Gasteiger partial charge in [0.05, 0.1) is 12.4 Å². The predicted molar refractivity (Wildman–Crippen MR) is 105 cm³/mol. The Labute approximate surface area is 167 Å². The van der Waals surface area contributed by atoms with Gasteiger partial charge in [0.2, 0.25) is 0 Å². The van der Waals surface area contributed by atoms with E-state index in [4.69, 9.17) is 0 Å². The zero-order valence-electron chi connectivity index (χ0n) is 16.1. The normalized spacial score (nSPS) is 12.3. The minimum absolute atomic E-state index is 0.149. The van der Waals surface area contributed by atoms with Crippen LogP contribution in [0.15, 0.2) is 46.6 Å². The molecule has 0 atom stereocenters. The molecule has 0 saturated heterocycles. The summed E-state index contributed by atoms with van der Waals surface area (Å²) in [5.74, 6) is -3.37. The van der Waals surface area contributed by atoms with Crippen molar-refractivity contribution < 1.29 is 22.0 Å². The molecule has 0 aliphatic carbocycles. The highest BCUT2D eigenvalue weighted by Gasteiger charge is 2.37. The first kappa shape index (κ1) is 22.7. The van der Waals surface area contributed by atoms with Crippen molar-refractivity contribution in [1.29, 1.82) is 0 Å². The van der Waals surface area contributed by atoms with Gasteiger partial charge in [0.25, 0.3) is 0 Å². The van der Waals surface area contributed by atoms with Crippen LogP contribution in [0.4, 0.5) is 22.0 Å². The maximum atomic E-state index is 13.5. The van der Waals surface area contributed by atoms with Crippen molar-refractivity contribution in [2.75, 3.05) is 0 Å². The molecule has 0 heterocycles. The van der Waals surface area contributed by atoms with Gasteiger partial charge in [-0.3, -0.25) is 0 Å². The van der Waals surface area contributed by atoms with Crippen molar-refractivity contribution in [2.45, 2.75) is 51.6 Å². The molecule has 2 nitrogen and oxygen atoms in total. The second kappa shape index (κ2) is 10.8. The molecule has 0 aromatic heterocycles. The van der Waals surface area contributed by atoms with E-state index in [9.17, 15) is 22.0 Å². The van der Waals surface area contributed by atoms with Gasteiger partial charge in [-0.2, -0.15) is 23.4 Å². The van der Waals surface area contributed by atoms with E-state index in [1.807, 2.05) is 24.3 Å². The number of benzene rings is 2. The van der Waals surface area contributed by atoms with Gasteiger partial charge >= 0.3 is 6.18 Å². The lowest BCUT2D eigenvalue weighted by Gasteiger charge is -2.09. The Hall–Kier alpha value is -2.57. The van der Waals surface area contributed by atoms with Crippen LogP contribution < -0.4 is 0 Å². The molecule has 156 valence electrons. The zero-order chi connectivity index (χ0) is 21.3. The third-order valence-electron chi connectivity index (χ3n) is 4.38. The van der Waals surface area contributed by atoms with E-state index < -0.39 is 23.4 Å². The Bertz CT molecular complexity index is 816. The van der Waals surface area contributed by atoms with Gasteiger partial charge in [0.15, 0.2) is 0 Å². The van der Waals surface area contributed by atoms with Crippen LogP contribution in [0.3, 0.4) is 0 Å². The molecule has 2 rings (SSSR count). The Morgan fingerprint density at radius 1 is 0.793 bits per heavy atom. The van der Waals surface area contributed by atoms with Crippen LogP contribution in [0.5, 0.6) is 0 Å². The highest BCUT2D eigenvalue weighted by Crippen LogP contribution is 2.33. The number of aryl methyl sites for hydroxylation is 1. The number of hydrogen-bond acceptors (Lipinski definition) is 2. The monoisotopic (exact) mass is 410 g/mol. The first-order chi connectivity index (χ1) is 13.8. The predicted octanol–water partition coefficient (Wildman–Crippen LogP) is 6.95. The lowest BCUT2D eigenvalue weighted by atomic mass is 10.0. The second-order valence-electron chi connectivity index (χ2n) is 6.75. The van der Waals surface area contributed by atoms with Crippen LogP contribution in [-0.4, -0.2) is 12.4 Å². The maximum absolute atomic E-state index is 13.5. The van der Waals surface area contributed by atoms with Crippen LogP contribution in [0.2, 0.25) is 0 Å². The van der Waals surface area contributed by atoms with Crippen LogP contribution >= 0.6 is 0 Å². The third-order valence-corrected chi connectivity index (χ3v) is 4.38. The van der Waals surface area contributed by atoms with Crippen LogP contribution in [0, 0.1) is 11.6 Å². The lowest BCUT2D eigenvalue weighted by Crippen LogP contribution is -2.11. The van der Waals surface area contributed by atoms with Crippen LogP contribution in [0.25, 0.3) is 0 Å². The van der Waals surface area contributed by atoms with E-state index in [1.165, 1.54) is 37.5 Å². The highest BCUT2D eigenvalue weighted by molar-refractivity contribution is 5.82. The quantitative estimate of drug-likeness (QED) is 0.185. The van der Waals surface area contributed by atoms with Crippen LogP contribution in [-0.2, 0) is 12.6 Å². The summed E-state index contributed by atoms with van der Waals surface area (Å²) in [4.78, 5) is 0. The number of unbranched alkanes of at least 4 members (excludes halogenated alkanes) is 4. The Balaban J connectivity index is 1.92. The summed E-state index contributed by atoms with van der Waals surface area (Å²) < 4.78 is 64.7. The van der Waals surface area contributed by atoms with Gasteiger partial charge in [-0.25, -0.2) is 8.78 Å². The summed E-state index contributed by atoms with van der Waals surface area (Å²) in [6, 6.07) is 8.92. The molecule has 7 heteroatoms. The zero-order valence-corrected chi connectivity index (χ0v) is 16.1. The molecule has 0 radical (unpaired) electrons. The summed E-state index contributed by atoms with van der Waals surface area (Å²) in [7, 11) is 0. The van der Waals surface area contributed by atoms with E-state index in [0.717, 1.165) is 24.6 Å². The number of nitrogens with zero attached hydrogens (tertiary/aromatic N) is 2. The molecule has 0 spiro atoms. The summed E-state index contributed by atoms with van der Waals surface area (Å²) in [5.41, 5.74) is -0.0355. The second-order valence-corrected chi connectivity index (χ2v) is 6.75. The summed E-state index contributed by atoms with van der Waals surface area (Å²) in [6.45, 7) is 2.18. The van der Waals surface area contributed by atoms with Crippen molar-refractivity contribution in [2.24, 2.45) is 10.2 Å². The summed E-state index contributed by atoms with van der Waals surface area (Å²) >= 11 is 0. The average Bonchev–Trinajstić information content (AvgIpc) is 2.64. The van der Waals surface area contributed by atoms with Gasteiger partial charge < -0.3 is 0 Å². The molecule has 0 fully saturated rings. The highest BCUT2D eigenvalue weighted by atomic mass is 19.4. The molecule has 0 aliphatic rings. The average molecular weight is 410 g/mol. The van der Waals surface area contributed by atoms with Gasteiger partial charge in [0, 0.05) is 5.56 Å². The first-order valence-electron chi connectivity index (χ1n) is 9.53. The number of halogens is 5. The molecule has 0 saturated carbocycles. The molecule has 0 bridgehead atoms. The molecular formula is C22H23F5N2. The van der Waals surface area contributed by atoms with E-state index in [0.29, 0.717) is 12.1 Å². The van der Waals surface area contributed by atoms with Gasteiger partial charge in [-0.15, -0.1) is 0 Å². The van der Waals surface area contributed by atoms with Crippen molar-refractivity contribution in [3.05, 3.63) is 70.3 Å². The van der Waals surface area contributed by atoms with E-state index in [-0.39, 0.29) is 5.56 Å². The Morgan fingerprint density at radius 2 is 1.34 bits per heavy atom. The number of alkyl halides is 3. The molecular weight excluding hydrogens is 387 g/mol. The van der Waals surface area contributed by atoms with Gasteiger partial charge in [-0.1, -0.05) is 56.9 Å². The molecule has 0 N–H and O–H groups in total. The fourth-order valence-corrected chi connectivity index (χ4v) is 2.84. The SMILES string of the molecule is CCCCCCCc1ccc(/C=N/N=C/c2cc(F)c(C(F)(F)F)c(F)c2)cc1. The largest absolute Gasteiger partial charge is 0.422 e. The summed E-state index contributed by atoms with van der Waals surface area (Å²) in [6.07, 6.45) is 4.49. The number of rotatable bonds is 9. The smallest absolute Gasteiger partial charge is 0.206 e. The Morgan fingerprint density at radius 3 is 1.90 bits per heavy atom. The number of hydrogen-bond donors (Lipinski definition) is 0. The van der Waals surface area contributed by atoms with Crippen molar-refractivity contribution in [3.8, 4) is 0 Å². The summed E-state index contributed by atoms with van der Waals surface area (Å²) in [5, 5.41) is 7.41. The molecule has 0 aliphatic heterocycles. The molecule has 0 amide bonds. The Kier molecular flexibility index (Phi) is 8.49. The lowest BCUT2D eigenvalue weighted by molar-refractivity contribution is -0.142. The van der Waals surface area contributed by atoms with Crippen LogP contribution in [0.1, 0.15) is 61.3 Å². The van der Waals surface area contributed by atoms with E-state index in [2.05, 4.69) is 17.1 Å².